The average molecular weight is 757 g/mol. The summed E-state index contributed by atoms with van der Waals surface area (Å²) in [6, 6.07) is 0. The standard InChI is InChI=1S/CH3Cl.2Ce.3O5P2/c1-2;;;3*1-6(2)5-7(3)4/h1H3;;;;;/q;2*+3;;;. The normalized spacial score (nSPS) is 11.5. The predicted octanol–water partition coefficient (Wildman–Crippen LogP) is -2.03. The van der Waals surface area contributed by atoms with Crippen molar-refractivity contribution in [1.29, 1.82) is 0 Å². The Labute approximate surface area is 217 Å². The van der Waals surface area contributed by atoms with E-state index in [2.05, 4.69) is 24.5 Å². The van der Waals surface area contributed by atoms with Crippen LogP contribution in [0.4, 0.5) is 0 Å². The van der Waals surface area contributed by atoms with Crippen LogP contribution in [0.15, 0.2) is 0 Å². The summed E-state index contributed by atoms with van der Waals surface area (Å²) in [4.78, 5) is 55.4. The van der Waals surface area contributed by atoms with E-state index in [9.17, 15) is 56.8 Å². The van der Waals surface area contributed by atoms with E-state index in [1.54, 1.807) is 0 Å². The molecule has 0 aliphatic heterocycles. The number of hydrogen-bond donors (Lipinski definition) is 0. The minimum absolute atomic E-state index is 0. The molecule has 25 heavy (non-hydrogen) atoms. The van der Waals surface area contributed by atoms with Crippen LogP contribution in [0.25, 0.3) is 0 Å². The van der Waals surface area contributed by atoms with Crippen molar-refractivity contribution < 1.29 is 153 Å². The van der Waals surface area contributed by atoms with Crippen molar-refractivity contribution in [3.63, 3.8) is 0 Å². The maximum absolute atomic E-state index is 9.24. The van der Waals surface area contributed by atoms with Gasteiger partial charge in [-0.25, -0.2) is 0 Å². The molecule has 0 N–H and O–H groups in total. The van der Waals surface area contributed by atoms with E-state index in [0.717, 1.165) is 0 Å². The number of alkyl halides is 1. The van der Waals surface area contributed by atoms with E-state index in [-0.39, 0.29) is 83.5 Å². The molecule has 0 aromatic heterocycles. The molecule has 0 heterocycles. The molecule has 0 amide bonds. The van der Waals surface area contributed by atoms with Gasteiger partial charge in [-0.3, -0.25) is 0 Å². The molecule has 2 radical (unpaired) electrons. The molecule has 0 spiro atoms. The first kappa shape index (κ1) is 42.4. The van der Waals surface area contributed by atoms with Crippen LogP contribution < -0.4 is 29.4 Å². The largest absolute Gasteiger partial charge is 3.00 e. The first-order chi connectivity index (χ1) is 10.4. The number of hydrogen-bond acceptors (Lipinski definition) is 15. The number of rotatable bonds is 6. The van der Waals surface area contributed by atoms with Gasteiger partial charge in [0.25, 0.3) is 0 Å². The molecular formula is CH3Ce2ClO15P6+6. The fraction of sp³-hybridized carbons (Fsp3) is 1.00. The Bertz CT molecular complexity index is 330. The maximum atomic E-state index is 9.24. The van der Waals surface area contributed by atoms with Gasteiger partial charge in [-0.2, -0.15) is 0 Å². The fourth-order valence-electron chi connectivity index (χ4n) is 0.163. The zero-order valence-electron chi connectivity index (χ0n) is 11.2. The van der Waals surface area contributed by atoms with Crippen LogP contribution in [0.2, 0.25) is 0 Å². The zero-order chi connectivity index (χ0) is 19.6. The molecule has 6 atom stereocenters. The van der Waals surface area contributed by atoms with E-state index in [4.69, 9.17) is 0 Å². The van der Waals surface area contributed by atoms with Crippen molar-refractivity contribution in [2.45, 2.75) is 0 Å². The van der Waals surface area contributed by atoms with Gasteiger partial charge in [0.15, 0.2) is 0 Å². The van der Waals surface area contributed by atoms with Crippen molar-refractivity contribution >= 4 is 61.1 Å². The Kier molecular flexibility index (Phi) is 54.2. The third kappa shape index (κ3) is 74.7. The summed E-state index contributed by atoms with van der Waals surface area (Å²) in [5.74, 6) is 0. The minimum Gasteiger partial charge on any atom is -0.563 e. The molecule has 6 unspecified atom stereocenters. The van der Waals surface area contributed by atoms with Crippen molar-refractivity contribution in [2.75, 3.05) is 6.38 Å². The summed E-state index contributed by atoms with van der Waals surface area (Å²) in [6.45, 7) is 0. The van der Waals surface area contributed by atoms with Crippen molar-refractivity contribution in [3.8, 4) is 0 Å². The quantitative estimate of drug-likeness (QED) is 0.209. The van der Waals surface area contributed by atoms with Gasteiger partial charge in [0.05, 0.1) is 0 Å². The van der Waals surface area contributed by atoms with Crippen molar-refractivity contribution in [3.05, 3.63) is 0 Å². The van der Waals surface area contributed by atoms with Crippen LogP contribution in [0.3, 0.4) is 0 Å². The van der Waals surface area contributed by atoms with Crippen molar-refractivity contribution in [2.24, 2.45) is 0 Å². The summed E-state index contributed by atoms with van der Waals surface area (Å²) in [5.41, 5.74) is 0. The molecule has 0 aromatic carbocycles. The molecule has 0 aliphatic rings. The van der Waals surface area contributed by atoms with E-state index in [0.29, 0.717) is 0 Å². The summed E-state index contributed by atoms with van der Waals surface area (Å²) in [5, 5.41) is 0. The monoisotopic (exact) mass is 756 g/mol. The fourth-order valence-corrected chi connectivity index (χ4v) is 1.47. The van der Waals surface area contributed by atoms with Crippen LogP contribution in [0.5, 0.6) is 0 Å². The Morgan fingerprint density at radius 3 is 0.560 bits per heavy atom. The van der Waals surface area contributed by atoms with Gasteiger partial charge in [0, 0.05) is 6.38 Å². The average Bonchev–Trinajstić information content (AvgIpc) is 2.26. The second kappa shape index (κ2) is 32.0. The van der Waals surface area contributed by atoms with Gasteiger partial charge in [-0.1, -0.05) is 0 Å². The molecule has 24 heteroatoms. The molecule has 15 nitrogen and oxygen atoms in total. The van der Waals surface area contributed by atoms with Crippen LogP contribution in [-0.2, 0) is 40.3 Å². The maximum Gasteiger partial charge on any atom is 3.00 e. The second-order valence-corrected chi connectivity index (χ2v) is 6.23. The Morgan fingerprint density at radius 1 is 0.480 bits per heavy atom. The molecule has 0 saturated carbocycles. The van der Waals surface area contributed by atoms with Gasteiger partial charge in [-0.05, 0) is 27.4 Å². The van der Waals surface area contributed by atoms with Crippen LogP contribution in [0, 0.1) is 83.5 Å². The van der Waals surface area contributed by atoms with Crippen LogP contribution >= 0.6 is 61.1 Å². The summed E-state index contributed by atoms with van der Waals surface area (Å²) < 4.78 is 64.9. The van der Waals surface area contributed by atoms with Crippen molar-refractivity contribution in [1.82, 2.24) is 0 Å². The molecule has 0 rings (SSSR count). The van der Waals surface area contributed by atoms with Gasteiger partial charge in [0.2, 0.25) is 0 Å². The van der Waals surface area contributed by atoms with Crippen LogP contribution in [-0.4, -0.2) is 6.38 Å². The molecule has 0 saturated heterocycles. The number of halogens is 1. The first-order valence-corrected chi connectivity index (χ1v) is 11.0. The first-order valence-electron chi connectivity index (χ1n) is 3.66. The predicted molar refractivity (Wildman–Crippen MR) is 60.7 cm³/mol. The van der Waals surface area contributed by atoms with Gasteiger partial charge in [0.1, 0.15) is 12.9 Å². The molecule has 136 valence electrons. The Balaban J connectivity index is -0.0000000496. The smallest absolute Gasteiger partial charge is 0.563 e. The molecule has 0 aliphatic carbocycles. The third-order valence-electron chi connectivity index (χ3n) is 0.400. The van der Waals surface area contributed by atoms with Gasteiger partial charge in [-0.15, -0.1) is 11.6 Å². The van der Waals surface area contributed by atoms with E-state index in [1.165, 1.54) is 6.38 Å². The molecule has 0 aromatic rings. The van der Waals surface area contributed by atoms with Crippen LogP contribution in [0.1, 0.15) is 0 Å². The molecule has 0 fully saturated rings. The molecule has 0 bridgehead atoms. The van der Waals surface area contributed by atoms with E-state index < -0.39 is 49.5 Å². The third-order valence-corrected chi connectivity index (χ3v) is 3.60. The molecular weight excluding hydrogens is 754 g/mol. The Hall–Kier alpha value is 3.28. The topological polar surface area (TPSA) is 268 Å². The van der Waals surface area contributed by atoms with Gasteiger partial charge < -0.3 is 29.4 Å². The summed E-state index contributed by atoms with van der Waals surface area (Å²) >= 11 is 4.64. The summed E-state index contributed by atoms with van der Waals surface area (Å²) in [7, 11) is -19.4. The zero-order valence-corrected chi connectivity index (χ0v) is 23.6. The second-order valence-electron chi connectivity index (χ2n) is 1.59. The van der Waals surface area contributed by atoms with Gasteiger partial charge >= 0.3 is 133 Å². The van der Waals surface area contributed by atoms with E-state index in [1.807, 2.05) is 0 Å². The van der Waals surface area contributed by atoms with E-state index >= 15 is 0 Å². The SMILES string of the molecule is CCl.O=[P+]([O-])O[P+](=O)[O-].O=[P+]([O-])O[P+](=O)[O-].O=[P+]([O-])O[P+](=O)[O-].[Ce+3].[Ce+3]. The summed E-state index contributed by atoms with van der Waals surface area (Å²) in [6.07, 6.45) is 1.47. The Morgan fingerprint density at radius 2 is 0.560 bits per heavy atom. The minimum atomic E-state index is -3.24.